The summed E-state index contributed by atoms with van der Waals surface area (Å²) >= 11 is 5.20. The number of ether oxygens (including phenoxy) is 1. The highest BCUT2D eigenvalue weighted by Gasteiger charge is 2.22. The molecule has 0 fully saturated rings. The first-order valence-corrected chi connectivity index (χ1v) is 4.95. The molecule has 0 spiro atoms. The van der Waals surface area contributed by atoms with Gasteiger partial charge in [-0.15, -0.1) is 0 Å². The van der Waals surface area contributed by atoms with Crippen molar-refractivity contribution in [1.82, 2.24) is 0 Å². The van der Waals surface area contributed by atoms with E-state index in [2.05, 4.69) is 5.32 Å². The van der Waals surface area contributed by atoms with E-state index in [-0.39, 0.29) is 12.5 Å². The molecular weight excluding hydrogens is 232 g/mol. The third kappa shape index (κ3) is 1.94. The average Bonchev–Trinajstić information content (AvgIpc) is 2.23. The Labute approximate surface area is 96.9 Å². The van der Waals surface area contributed by atoms with Crippen LogP contribution in [0.25, 0.3) is 0 Å². The topological polar surface area (TPSA) is 58.6 Å². The number of hydrogen-bond donors (Lipinski definition) is 1. The minimum absolute atomic E-state index is 0.0325. The third-order valence-corrected chi connectivity index (χ3v) is 2.38. The molecule has 0 saturated carbocycles. The van der Waals surface area contributed by atoms with Gasteiger partial charge in [0, 0.05) is 12.7 Å². The highest BCUT2D eigenvalue weighted by Crippen LogP contribution is 2.33. The average molecular weight is 241 g/mol. The maximum Gasteiger partial charge on any atom is 0.318 e. The molecule has 84 valence electrons. The van der Waals surface area contributed by atoms with Gasteiger partial charge in [-0.1, -0.05) is 0 Å². The molecule has 2 rings (SSSR count). The van der Waals surface area contributed by atoms with Gasteiger partial charge < -0.3 is 15.0 Å². The molecule has 2 amide bonds. The van der Waals surface area contributed by atoms with E-state index in [1.807, 2.05) is 0 Å². The van der Waals surface area contributed by atoms with Crippen molar-refractivity contribution in [3.63, 3.8) is 0 Å². The van der Waals surface area contributed by atoms with Crippen LogP contribution in [0.3, 0.4) is 0 Å². The van der Waals surface area contributed by atoms with Crippen molar-refractivity contribution in [2.24, 2.45) is 0 Å². The van der Waals surface area contributed by atoms with E-state index in [0.717, 1.165) is 0 Å². The van der Waals surface area contributed by atoms with E-state index in [1.54, 1.807) is 25.2 Å². The lowest BCUT2D eigenvalue weighted by molar-refractivity contribution is -0.120. The molecule has 0 aliphatic carbocycles. The lowest BCUT2D eigenvalue weighted by atomic mass is 10.2. The first-order valence-electron chi connectivity index (χ1n) is 4.58. The fraction of sp³-hybridized carbons (Fsp3) is 0.200. The predicted octanol–water partition coefficient (Wildman–Crippen LogP) is 1.81. The number of fused-ring (bicyclic) bond motifs is 1. The van der Waals surface area contributed by atoms with Gasteiger partial charge in [0.2, 0.25) is 0 Å². The number of nitrogens with one attached hydrogen (secondary N) is 1. The van der Waals surface area contributed by atoms with Crippen LogP contribution in [-0.4, -0.2) is 24.9 Å². The number of benzene rings is 1. The Morgan fingerprint density at radius 1 is 1.56 bits per heavy atom. The van der Waals surface area contributed by atoms with Crippen molar-refractivity contribution in [3.05, 3.63) is 18.2 Å². The molecule has 0 radical (unpaired) electrons. The second-order valence-electron chi connectivity index (χ2n) is 3.32. The number of rotatable bonds is 1. The monoisotopic (exact) mass is 240 g/mol. The Kier molecular flexibility index (Phi) is 2.70. The molecule has 0 aromatic heterocycles. The van der Waals surface area contributed by atoms with E-state index in [4.69, 9.17) is 16.3 Å². The van der Waals surface area contributed by atoms with Crippen LogP contribution in [0, 0.1) is 0 Å². The van der Waals surface area contributed by atoms with Crippen molar-refractivity contribution >= 4 is 34.2 Å². The fourth-order valence-electron chi connectivity index (χ4n) is 1.46. The molecule has 0 unspecified atom stereocenters. The van der Waals surface area contributed by atoms with E-state index >= 15 is 0 Å². The molecule has 1 N–H and O–H groups in total. The molecular formula is C10H9ClN2O3. The Hall–Kier alpha value is -1.75. The summed E-state index contributed by atoms with van der Waals surface area (Å²) in [7, 11) is 1.65. The fourth-order valence-corrected chi connectivity index (χ4v) is 1.57. The number of halogens is 1. The second-order valence-corrected chi connectivity index (χ2v) is 3.67. The van der Waals surface area contributed by atoms with Crippen molar-refractivity contribution < 1.29 is 14.3 Å². The van der Waals surface area contributed by atoms with Gasteiger partial charge in [0.15, 0.2) is 6.61 Å². The Bertz CT molecular complexity index is 461. The van der Waals surface area contributed by atoms with Crippen LogP contribution in [0.1, 0.15) is 0 Å². The summed E-state index contributed by atoms with van der Waals surface area (Å²) in [5, 5.41) is 1.75. The minimum atomic E-state index is -0.675. The van der Waals surface area contributed by atoms with Crippen molar-refractivity contribution in [2.45, 2.75) is 0 Å². The lowest BCUT2D eigenvalue weighted by Crippen LogP contribution is -2.35. The molecule has 16 heavy (non-hydrogen) atoms. The Balaban J connectivity index is 2.36. The first-order chi connectivity index (χ1) is 7.58. The van der Waals surface area contributed by atoms with Crippen LogP contribution in [0.2, 0.25) is 0 Å². The van der Waals surface area contributed by atoms with Gasteiger partial charge in [-0.25, -0.2) is 0 Å². The van der Waals surface area contributed by atoms with E-state index in [9.17, 15) is 9.59 Å². The maximum absolute atomic E-state index is 11.4. The lowest BCUT2D eigenvalue weighted by Gasteiger charge is -2.26. The zero-order valence-corrected chi connectivity index (χ0v) is 9.25. The highest BCUT2D eigenvalue weighted by molar-refractivity contribution is 6.65. The number of anilines is 2. The number of carbonyl (C=O) groups is 2. The van der Waals surface area contributed by atoms with Crippen LogP contribution in [0.4, 0.5) is 16.2 Å². The standard InChI is InChI=1S/C10H9ClN2O3/c1-13-7-4-6(12-10(11)15)2-3-8(7)16-5-9(13)14/h2-4H,5H2,1H3,(H,12,15). The van der Waals surface area contributed by atoms with Gasteiger partial charge in [0.1, 0.15) is 5.75 Å². The van der Waals surface area contributed by atoms with E-state index in [0.29, 0.717) is 17.1 Å². The van der Waals surface area contributed by atoms with Crippen LogP contribution >= 0.6 is 11.6 Å². The summed E-state index contributed by atoms with van der Waals surface area (Å²) in [5.41, 5.74) is 1.13. The summed E-state index contributed by atoms with van der Waals surface area (Å²) in [6, 6.07) is 4.97. The maximum atomic E-state index is 11.4. The normalized spacial score (nSPS) is 14.1. The number of likely N-dealkylation sites (N-methyl/N-ethyl adjacent to an activating group) is 1. The summed E-state index contributed by atoms with van der Waals surface area (Å²) in [6.07, 6.45) is 0. The molecule has 1 aromatic rings. The van der Waals surface area contributed by atoms with E-state index in [1.165, 1.54) is 4.90 Å². The number of amides is 2. The quantitative estimate of drug-likeness (QED) is 0.602. The third-order valence-electron chi connectivity index (χ3n) is 2.29. The van der Waals surface area contributed by atoms with Gasteiger partial charge in [-0.2, -0.15) is 0 Å². The zero-order valence-electron chi connectivity index (χ0n) is 8.49. The molecule has 1 aliphatic rings. The minimum Gasteiger partial charge on any atom is -0.482 e. The summed E-state index contributed by atoms with van der Waals surface area (Å²) in [5.74, 6) is 0.469. The predicted molar refractivity (Wildman–Crippen MR) is 60.2 cm³/mol. The first kappa shape index (κ1) is 10.8. The van der Waals surface area contributed by atoms with Gasteiger partial charge in [-0.3, -0.25) is 9.59 Å². The molecule has 1 heterocycles. The van der Waals surface area contributed by atoms with Gasteiger partial charge in [0.05, 0.1) is 5.69 Å². The Morgan fingerprint density at radius 2 is 2.31 bits per heavy atom. The van der Waals surface area contributed by atoms with Crippen molar-refractivity contribution in [2.75, 3.05) is 23.9 Å². The molecule has 1 aliphatic heterocycles. The van der Waals surface area contributed by atoms with Gasteiger partial charge in [0.25, 0.3) is 5.91 Å². The largest absolute Gasteiger partial charge is 0.482 e. The molecule has 0 atom stereocenters. The van der Waals surface area contributed by atoms with Crippen molar-refractivity contribution in [3.8, 4) is 5.75 Å². The SMILES string of the molecule is CN1C(=O)COc2ccc(NC(=O)Cl)cc21. The molecule has 1 aromatic carbocycles. The molecule has 5 nitrogen and oxygen atoms in total. The number of nitrogens with zero attached hydrogens (tertiary/aromatic N) is 1. The van der Waals surface area contributed by atoms with E-state index < -0.39 is 5.37 Å². The summed E-state index contributed by atoms with van der Waals surface area (Å²) in [6.45, 7) is 0.0325. The highest BCUT2D eigenvalue weighted by atomic mass is 35.5. The molecule has 0 saturated heterocycles. The zero-order chi connectivity index (χ0) is 11.7. The van der Waals surface area contributed by atoms with Gasteiger partial charge >= 0.3 is 5.37 Å². The second kappa shape index (κ2) is 4.02. The van der Waals surface area contributed by atoms with Crippen LogP contribution in [-0.2, 0) is 4.79 Å². The summed E-state index contributed by atoms with van der Waals surface area (Å²) < 4.78 is 5.23. The number of carbonyl (C=O) groups excluding carboxylic acids is 2. The summed E-state index contributed by atoms with van der Waals surface area (Å²) in [4.78, 5) is 23.5. The van der Waals surface area contributed by atoms with Crippen LogP contribution < -0.4 is 15.0 Å². The Morgan fingerprint density at radius 3 is 3.00 bits per heavy atom. The number of hydrogen-bond acceptors (Lipinski definition) is 3. The van der Waals surface area contributed by atoms with Crippen LogP contribution in [0.15, 0.2) is 18.2 Å². The molecule has 0 bridgehead atoms. The smallest absolute Gasteiger partial charge is 0.318 e. The van der Waals surface area contributed by atoms with Gasteiger partial charge in [-0.05, 0) is 29.8 Å². The van der Waals surface area contributed by atoms with Crippen molar-refractivity contribution in [1.29, 1.82) is 0 Å². The molecule has 6 heteroatoms. The van der Waals surface area contributed by atoms with Crippen LogP contribution in [0.5, 0.6) is 5.75 Å².